The number of amides is 2. The molecule has 2 atom stereocenters. The average Bonchev–Trinajstić information content (AvgIpc) is 2.80. The first-order valence-electron chi connectivity index (χ1n) is 11.1. The Labute approximate surface area is 196 Å². The van der Waals surface area contributed by atoms with Gasteiger partial charge in [0.1, 0.15) is 5.75 Å². The number of hydrogen-bond acceptors (Lipinski definition) is 4. The zero-order valence-electron chi connectivity index (χ0n) is 19.4. The number of nitrogens with zero attached hydrogens (tertiary/aromatic N) is 2. The van der Waals surface area contributed by atoms with Gasteiger partial charge >= 0.3 is 6.18 Å². The van der Waals surface area contributed by atoms with Gasteiger partial charge in [-0.3, -0.25) is 9.59 Å². The molecule has 0 radical (unpaired) electrons. The molecule has 1 fully saturated rings. The van der Waals surface area contributed by atoms with Crippen LogP contribution in [0.3, 0.4) is 0 Å². The molecule has 3 rings (SSSR count). The minimum absolute atomic E-state index is 0.0686. The predicted octanol–water partition coefficient (Wildman–Crippen LogP) is 5.03. The Bertz CT molecular complexity index is 1040. The van der Waals surface area contributed by atoms with Crippen molar-refractivity contribution in [2.24, 2.45) is 5.10 Å². The molecule has 1 heterocycles. The summed E-state index contributed by atoms with van der Waals surface area (Å²) in [4.78, 5) is 26.8. The van der Waals surface area contributed by atoms with Gasteiger partial charge in [-0.05, 0) is 82.0 Å². The molecule has 0 aromatic heterocycles. The maximum Gasteiger partial charge on any atom is 0.416 e. The summed E-state index contributed by atoms with van der Waals surface area (Å²) >= 11 is 0. The fourth-order valence-corrected chi connectivity index (χ4v) is 4.02. The summed E-state index contributed by atoms with van der Waals surface area (Å²) in [5, 5.41) is 3.91. The summed E-state index contributed by atoms with van der Waals surface area (Å²) in [5.74, 6) is -0.142. The van der Waals surface area contributed by atoms with Gasteiger partial charge in [-0.2, -0.15) is 18.3 Å². The number of benzene rings is 2. The van der Waals surface area contributed by atoms with E-state index in [9.17, 15) is 22.8 Å². The van der Waals surface area contributed by atoms with Crippen LogP contribution in [0.2, 0.25) is 0 Å². The first-order chi connectivity index (χ1) is 16.1. The van der Waals surface area contributed by atoms with Crippen LogP contribution in [0.25, 0.3) is 0 Å². The molecule has 34 heavy (non-hydrogen) atoms. The van der Waals surface area contributed by atoms with Gasteiger partial charge in [-0.25, -0.2) is 5.43 Å². The molecule has 0 spiro atoms. The van der Waals surface area contributed by atoms with Crippen molar-refractivity contribution >= 4 is 17.5 Å². The molecule has 2 aromatic carbocycles. The van der Waals surface area contributed by atoms with Crippen molar-refractivity contribution in [1.29, 1.82) is 0 Å². The minimum atomic E-state index is -4.46. The van der Waals surface area contributed by atoms with Crippen LogP contribution < -0.4 is 10.2 Å². The van der Waals surface area contributed by atoms with E-state index >= 15 is 0 Å². The van der Waals surface area contributed by atoms with Crippen LogP contribution in [0.1, 0.15) is 61.5 Å². The van der Waals surface area contributed by atoms with Crippen LogP contribution in [-0.4, -0.2) is 41.1 Å². The molecule has 2 unspecified atom stereocenters. The van der Waals surface area contributed by atoms with Gasteiger partial charge < -0.3 is 9.64 Å². The third kappa shape index (κ3) is 6.36. The lowest BCUT2D eigenvalue weighted by atomic mass is 9.97. The molecule has 0 aliphatic carbocycles. The molecule has 2 amide bonds. The second-order valence-electron chi connectivity index (χ2n) is 8.46. The van der Waals surface area contributed by atoms with E-state index < -0.39 is 17.6 Å². The zero-order chi connectivity index (χ0) is 24.9. The highest BCUT2D eigenvalue weighted by Gasteiger charge is 2.31. The summed E-state index contributed by atoms with van der Waals surface area (Å²) in [6.07, 6.45) is -1.39. The highest BCUT2D eigenvalue weighted by molar-refractivity contribution is 6.01. The fourth-order valence-electron chi connectivity index (χ4n) is 4.02. The predicted molar refractivity (Wildman–Crippen MR) is 123 cm³/mol. The van der Waals surface area contributed by atoms with E-state index in [1.165, 1.54) is 31.2 Å². The van der Waals surface area contributed by atoms with E-state index in [1.54, 1.807) is 12.1 Å². The maximum atomic E-state index is 12.9. The van der Waals surface area contributed by atoms with Gasteiger partial charge in [-0.15, -0.1) is 0 Å². The van der Waals surface area contributed by atoms with Gasteiger partial charge in [-0.1, -0.05) is 12.1 Å². The molecule has 1 aliphatic rings. The third-order valence-corrected chi connectivity index (χ3v) is 5.89. The quantitative estimate of drug-likeness (QED) is 0.471. The van der Waals surface area contributed by atoms with Crippen LogP contribution in [0, 0.1) is 0 Å². The third-order valence-electron chi connectivity index (χ3n) is 5.89. The van der Waals surface area contributed by atoms with Gasteiger partial charge in [0.15, 0.2) is 6.61 Å². The number of ether oxygens (including phenoxy) is 1. The Hall–Kier alpha value is -3.36. The Kier molecular flexibility index (Phi) is 7.96. The van der Waals surface area contributed by atoms with Crippen LogP contribution in [0.15, 0.2) is 53.6 Å². The van der Waals surface area contributed by atoms with Gasteiger partial charge in [0.05, 0.1) is 11.3 Å². The smallest absolute Gasteiger partial charge is 0.416 e. The monoisotopic (exact) mass is 475 g/mol. The Balaban J connectivity index is 1.56. The number of rotatable bonds is 6. The molecule has 0 bridgehead atoms. The number of hydrazone groups is 1. The first kappa shape index (κ1) is 25.3. The molecule has 1 saturated heterocycles. The second kappa shape index (κ2) is 10.7. The summed E-state index contributed by atoms with van der Waals surface area (Å²) in [6, 6.07) is 11.3. The molecule has 1 N–H and O–H groups in total. The standard InChI is InChI=1S/C25H28F3N3O3/c1-16-6-4-7-17(2)31(16)23(32)15-34-22-12-10-19(11-13-22)24(33)30-29-18(3)20-8-5-9-21(14-20)25(26,27)28/h5,8-14,16-17H,4,6-7,15H2,1-3H3,(H,30,33)/b29-18+. The van der Waals surface area contributed by atoms with E-state index in [2.05, 4.69) is 10.5 Å². The molecule has 0 saturated carbocycles. The Morgan fingerprint density at radius 1 is 1.06 bits per heavy atom. The lowest BCUT2D eigenvalue weighted by Crippen LogP contribution is -2.49. The van der Waals surface area contributed by atoms with Crippen molar-refractivity contribution in [2.45, 2.75) is 58.3 Å². The molecular weight excluding hydrogens is 447 g/mol. The van der Waals surface area contributed by atoms with Crippen molar-refractivity contribution in [2.75, 3.05) is 6.61 Å². The summed E-state index contributed by atoms with van der Waals surface area (Å²) in [5.41, 5.74) is 2.33. The molecule has 6 nitrogen and oxygen atoms in total. The van der Waals surface area contributed by atoms with E-state index in [4.69, 9.17) is 4.74 Å². The second-order valence-corrected chi connectivity index (χ2v) is 8.46. The number of likely N-dealkylation sites (tertiary alicyclic amines) is 1. The number of hydrogen-bond donors (Lipinski definition) is 1. The van der Waals surface area contributed by atoms with Crippen LogP contribution >= 0.6 is 0 Å². The summed E-state index contributed by atoms with van der Waals surface area (Å²) in [7, 11) is 0. The first-order valence-corrected chi connectivity index (χ1v) is 11.1. The van der Waals surface area contributed by atoms with Gasteiger partial charge in [0, 0.05) is 17.6 Å². The molecule has 9 heteroatoms. The number of carbonyl (C=O) groups excluding carboxylic acids is 2. The topological polar surface area (TPSA) is 71.0 Å². The van der Waals surface area contributed by atoms with Crippen molar-refractivity contribution in [3.8, 4) is 5.75 Å². The molecule has 2 aromatic rings. The fraction of sp³-hybridized carbons (Fsp3) is 0.400. The Morgan fingerprint density at radius 3 is 2.32 bits per heavy atom. The van der Waals surface area contributed by atoms with Crippen LogP contribution in [0.4, 0.5) is 13.2 Å². The van der Waals surface area contributed by atoms with Crippen molar-refractivity contribution in [1.82, 2.24) is 10.3 Å². The maximum absolute atomic E-state index is 12.9. The lowest BCUT2D eigenvalue weighted by Gasteiger charge is -2.38. The van der Waals surface area contributed by atoms with E-state index in [0.29, 0.717) is 5.75 Å². The van der Waals surface area contributed by atoms with Crippen LogP contribution in [-0.2, 0) is 11.0 Å². The number of carbonyl (C=O) groups is 2. The highest BCUT2D eigenvalue weighted by Crippen LogP contribution is 2.29. The normalized spacial score (nSPS) is 19.0. The van der Waals surface area contributed by atoms with Gasteiger partial charge in [0.2, 0.25) is 0 Å². The largest absolute Gasteiger partial charge is 0.484 e. The van der Waals surface area contributed by atoms with E-state index in [1.807, 2.05) is 18.7 Å². The molecule has 182 valence electrons. The Morgan fingerprint density at radius 2 is 1.71 bits per heavy atom. The number of nitrogens with one attached hydrogen (secondary N) is 1. The van der Waals surface area contributed by atoms with Crippen molar-refractivity contribution in [3.05, 3.63) is 65.2 Å². The van der Waals surface area contributed by atoms with Crippen LogP contribution in [0.5, 0.6) is 5.75 Å². The summed E-state index contributed by atoms with van der Waals surface area (Å²) < 4.78 is 44.3. The molecule has 1 aliphatic heterocycles. The van der Waals surface area contributed by atoms with Crippen molar-refractivity contribution < 1.29 is 27.5 Å². The zero-order valence-corrected chi connectivity index (χ0v) is 19.4. The number of piperidine rings is 1. The van der Waals surface area contributed by atoms with E-state index in [0.717, 1.165) is 31.4 Å². The summed E-state index contributed by atoms with van der Waals surface area (Å²) in [6.45, 7) is 5.50. The number of alkyl halides is 3. The molecular formula is C25H28F3N3O3. The minimum Gasteiger partial charge on any atom is -0.484 e. The van der Waals surface area contributed by atoms with Crippen molar-refractivity contribution in [3.63, 3.8) is 0 Å². The number of halogens is 3. The highest BCUT2D eigenvalue weighted by atomic mass is 19.4. The van der Waals surface area contributed by atoms with E-state index in [-0.39, 0.29) is 41.4 Å². The lowest BCUT2D eigenvalue weighted by molar-refractivity contribution is -0.139. The SMILES string of the molecule is C/C(=N\NC(=O)c1ccc(OCC(=O)N2C(C)CCCC2C)cc1)c1cccc(C(F)(F)F)c1. The average molecular weight is 476 g/mol. The van der Waals surface area contributed by atoms with Gasteiger partial charge in [0.25, 0.3) is 11.8 Å².